The first-order chi connectivity index (χ1) is 16.1. The summed E-state index contributed by atoms with van der Waals surface area (Å²) in [6.45, 7) is 2.43. The molecule has 1 N–H and O–H groups in total. The lowest BCUT2D eigenvalue weighted by Gasteiger charge is -2.32. The van der Waals surface area contributed by atoms with Crippen molar-refractivity contribution in [1.82, 2.24) is 25.2 Å². The van der Waals surface area contributed by atoms with Crippen LogP contribution in [-0.4, -0.2) is 44.3 Å². The fourth-order valence-electron chi connectivity index (χ4n) is 4.45. The molecule has 0 unspecified atom stereocenters. The summed E-state index contributed by atoms with van der Waals surface area (Å²) in [6.07, 6.45) is 5.67. The van der Waals surface area contributed by atoms with Crippen molar-refractivity contribution in [1.29, 1.82) is 0 Å². The van der Waals surface area contributed by atoms with E-state index in [0.29, 0.717) is 17.6 Å². The minimum atomic E-state index is -0.833. The molecule has 1 heterocycles. The zero-order valence-corrected chi connectivity index (χ0v) is 18.9. The van der Waals surface area contributed by atoms with Gasteiger partial charge in [-0.25, -0.2) is 9.07 Å². The van der Waals surface area contributed by atoms with Crippen LogP contribution >= 0.6 is 0 Å². The molecule has 3 aromatic rings. The van der Waals surface area contributed by atoms with E-state index in [-0.39, 0.29) is 30.2 Å². The largest absolute Gasteiger partial charge is 0.351 e. The van der Waals surface area contributed by atoms with Crippen LogP contribution in [0.4, 0.5) is 4.39 Å². The Morgan fingerprint density at radius 1 is 1.15 bits per heavy atom. The second-order valence-electron chi connectivity index (χ2n) is 8.62. The SMILES string of the molecule is CCCCN(C(=O)Cn1nnc2ccccc21)[C@H](C(=O)NC1CCCC1)c1ccc(F)cc1. The second kappa shape index (κ2) is 10.6. The standard InChI is InChI=1S/C25H30FN5O2/c1-2-3-16-30(23(32)17-31-22-11-7-6-10-21(22)28-29-31)24(18-12-14-19(26)15-13-18)25(33)27-20-8-4-5-9-20/h6-7,10-15,20,24H,2-5,8-9,16-17H2,1H3,(H,27,33)/t24-/m0/s1. The number of fused-ring (bicyclic) bond motifs is 1. The van der Waals surface area contributed by atoms with Crippen LogP contribution in [0.5, 0.6) is 0 Å². The fourth-order valence-corrected chi connectivity index (χ4v) is 4.45. The molecule has 2 aromatic carbocycles. The lowest BCUT2D eigenvalue weighted by molar-refractivity contribution is -0.141. The van der Waals surface area contributed by atoms with Crippen molar-refractivity contribution in [2.24, 2.45) is 0 Å². The maximum Gasteiger partial charge on any atom is 0.247 e. The lowest BCUT2D eigenvalue weighted by Crippen LogP contribution is -2.47. The smallest absolute Gasteiger partial charge is 0.247 e. The predicted molar refractivity (Wildman–Crippen MR) is 124 cm³/mol. The van der Waals surface area contributed by atoms with Crippen molar-refractivity contribution < 1.29 is 14.0 Å². The van der Waals surface area contributed by atoms with Crippen LogP contribution in [0.1, 0.15) is 57.1 Å². The van der Waals surface area contributed by atoms with E-state index in [2.05, 4.69) is 15.6 Å². The number of hydrogen-bond acceptors (Lipinski definition) is 4. The van der Waals surface area contributed by atoms with Crippen molar-refractivity contribution in [3.8, 4) is 0 Å². The van der Waals surface area contributed by atoms with Gasteiger partial charge in [-0.2, -0.15) is 0 Å². The fraction of sp³-hybridized carbons (Fsp3) is 0.440. The van der Waals surface area contributed by atoms with Crippen LogP contribution < -0.4 is 5.32 Å². The molecular formula is C25H30FN5O2. The Morgan fingerprint density at radius 2 is 1.88 bits per heavy atom. The quantitative estimate of drug-likeness (QED) is 0.533. The summed E-state index contributed by atoms with van der Waals surface area (Å²) >= 11 is 0. The van der Waals surface area contributed by atoms with Gasteiger partial charge in [0, 0.05) is 12.6 Å². The molecule has 33 heavy (non-hydrogen) atoms. The van der Waals surface area contributed by atoms with Crippen molar-refractivity contribution in [2.75, 3.05) is 6.54 Å². The third kappa shape index (κ3) is 5.38. The number of halogens is 1. The van der Waals surface area contributed by atoms with Crippen molar-refractivity contribution in [3.05, 3.63) is 59.9 Å². The molecule has 0 spiro atoms. The van der Waals surface area contributed by atoms with Gasteiger partial charge in [0.1, 0.15) is 23.9 Å². The van der Waals surface area contributed by atoms with E-state index < -0.39 is 6.04 Å². The first-order valence-electron chi connectivity index (χ1n) is 11.7. The van der Waals surface area contributed by atoms with E-state index >= 15 is 0 Å². The number of nitrogens with zero attached hydrogens (tertiary/aromatic N) is 4. The highest BCUT2D eigenvalue weighted by Crippen LogP contribution is 2.26. The van der Waals surface area contributed by atoms with Gasteiger partial charge in [0.05, 0.1) is 5.52 Å². The average Bonchev–Trinajstić information content (AvgIpc) is 3.47. The van der Waals surface area contributed by atoms with E-state index in [1.165, 1.54) is 12.1 Å². The molecule has 0 aliphatic heterocycles. The number of benzene rings is 2. The summed E-state index contributed by atoms with van der Waals surface area (Å²) < 4.78 is 15.2. The van der Waals surface area contributed by atoms with Crippen LogP contribution in [-0.2, 0) is 16.1 Å². The van der Waals surface area contributed by atoms with Crippen molar-refractivity contribution in [3.63, 3.8) is 0 Å². The molecule has 174 valence electrons. The van der Waals surface area contributed by atoms with Crippen molar-refractivity contribution in [2.45, 2.75) is 64.1 Å². The summed E-state index contributed by atoms with van der Waals surface area (Å²) in [7, 11) is 0. The topological polar surface area (TPSA) is 80.1 Å². The predicted octanol–water partition coefficient (Wildman–Crippen LogP) is 4.00. The Kier molecular flexibility index (Phi) is 7.32. The summed E-state index contributed by atoms with van der Waals surface area (Å²) in [6, 6.07) is 12.6. The number of carbonyl (C=O) groups excluding carboxylic acids is 2. The van der Waals surface area contributed by atoms with Crippen LogP contribution in [0.25, 0.3) is 11.0 Å². The number of hydrogen-bond donors (Lipinski definition) is 1. The van der Waals surface area contributed by atoms with Gasteiger partial charge in [-0.1, -0.05) is 55.7 Å². The highest BCUT2D eigenvalue weighted by atomic mass is 19.1. The maximum absolute atomic E-state index is 13.6. The molecule has 1 atom stereocenters. The molecule has 4 rings (SSSR count). The molecule has 8 heteroatoms. The third-order valence-electron chi connectivity index (χ3n) is 6.23. The minimum Gasteiger partial charge on any atom is -0.351 e. The van der Waals surface area contributed by atoms with Crippen molar-refractivity contribution >= 4 is 22.8 Å². The van der Waals surface area contributed by atoms with E-state index in [0.717, 1.165) is 44.0 Å². The number of nitrogens with one attached hydrogen (secondary N) is 1. The van der Waals surface area contributed by atoms with Crippen LogP contribution in [0, 0.1) is 5.82 Å². The molecule has 1 saturated carbocycles. The Bertz CT molecular complexity index is 1090. The van der Waals surface area contributed by atoms with Gasteiger partial charge in [-0.15, -0.1) is 5.10 Å². The summed E-state index contributed by atoms with van der Waals surface area (Å²) in [4.78, 5) is 28.7. The molecule has 2 amide bonds. The van der Waals surface area contributed by atoms with Crippen LogP contribution in [0.2, 0.25) is 0 Å². The Balaban J connectivity index is 1.64. The molecule has 1 aromatic heterocycles. The average molecular weight is 452 g/mol. The number of amides is 2. The second-order valence-corrected chi connectivity index (χ2v) is 8.62. The monoisotopic (exact) mass is 451 g/mol. The molecule has 0 bridgehead atoms. The Labute approximate surface area is 193 Å². The number of unbranched alkanes of at least 4 members (excludes halogenated alkanes) is 1. The van der Waals surface area contributed by atoms with Gasteiger partial charge >= 0.3 is 0 Å². The number of aromatic nitrogens is 3. The molecular weight excluding hydrogens is 421 g/mol. The van der Waals surface area contributed by atoms with E-state index in [1.807, 2.05) is 31.2 Å². The van der Waals surface area contributed by atoms with E-state index in [1.54, 1.807) is 21.7 Å². The van der Waals surface area contributed by atoms with E-state index in [9.17, 15) is 14.0 Å². The lowest BCUT2D eigenvalue weighted by atomic mass is 10.0. The molecule has 1 aliphatic carbocycles. The summed E-state index contributed by atoms with van der Waals surface area (Å²) in [5.74, 6) is -0.828. The van der Waals surface area contributed by atoms with Gasteiger partial charge in [-0.05, 0) is 49.1 Å². The number of carbonyl (C=O) groups is 2. The summed E-state index contributed by atoms with van der Waals surface area (Å²) in [5, 5.41) is 11.4. The Morgan fingerprint density at radius 3 is 2.61 bits per heavy atom. The maximum atomic E-state index is 13.6. The highest BCUT2D eigenvalue weighted by molar-refractivity contribution is 5.89. The first kappa shape index (κ1) is 22.9. The number of rotatable bonds is 9. The zero-order valence-electron chi connectivity index (χ0n) is 18.9. The van der Waals surface area contributed by atoms with Gasteiger partial charge in [0.2, 0.25) is 11.8 Å². The molecule has 0 saturated heterocycles. The van der Waals surface area contributed by atoms with Gasteiger partial charge in [0.25, 0.3) is 0 Å². The molecule has 7 nitrogen and oxygen atoms in total. The van der Waals surface area contributed by atoms with Crippen LogP contribution in [0.3, 0.4) is 0 Å². The minimum absolute atomic E-state index is 0.0291. The molecule has 0 radical (unpaired) electrons. The molecule has 1 fully saturated rings. The van der Waals surface area contributed by atoms with Gasteiger partial charge in [-0.3, -0.25) is 9.59 Å². The molecule has 1 aliphatic rings. The Hall–Kier alpha value is -3.29. The number of para-hydroxylation sites is 1. The van der Waals surface area contributed by atoms with Gasteiger partial charge < -0.3 is 10.2 Å². The van der Waals surface area contributed by atoms with Crippen LogP contribution in [0.15, 0.2) is 48.5 Å². The first-order valence-corrected chi connectivity index (χ1v) is 11.7. The normalized spacial score (nSPS) is 15.0. The third-order valence-corrected chi connectivity index (χ3v) is 6.23. The van der Waals surface area contributed by atoms with E-state index in [4.69, 9.17) is 0 Å². The summed E-state index contributed by atoms with van der Waals surface area (Å²) in [5.41, 5.74) is 2.06. The zero-order chi connectivity index (χ0) is 23.2. The highest BCUT2D eigenvalue weighted by Gasteiger charge is 2.33. The van der Waals surface area contributed by atoms with Gasteiger partial charge in [0.15, 0.2) is 0 Å².